The van der Waals surface area contributed by atoms with Crippen LogP contribution in [0.25, 0.3) is 0 Å². The predicted molar refractivity (Wildman–Crippen MR) is 93.1 cm³/mol. The first-order valence-corrected chi connectivity index (χ1v) is 7.45. The summed E-state index contributed by atoms with van der Waals surface area (Å²) >= 11 is 11.7. The summed E-state index contributed by atoms with van der Waals surface area (Å²) in [5.41, 5.74) is 1.23. The van der Waals surface area contributed by atoms with Crippen molar-refractivity contribution in [3.63, 3.8) is 0 Å². The molecule has 0 amide bonds. The number of benzene rings is 2. The minimum absolute atomic E-state index is 0.184. The van der Waals surface area contributed by atoms with E-state index in [-0.39, 0.29) is 5.78 Å². The molecule has 2 aromatic carbocycles. The second kappa shape index (κ2) is 7.90. The van der Waals surface area contributed by atoms with Gasteiger partial charge in [0, 0.05) is 29.6 Å². The van der Waals surface area contributed by atoms with Crippen LogP contribution in [0.15, 0.2) is 48.7 Å². The van der Waals surface area contributed by atoms with Crippen LogP contribution in [0, 0.1) is 0 Å². The molecule has 0 atom stereocenters. The summed E-state index contributed by atoms with van der Waals surface area (Å²) in [5, 5.41) is 3.76. The molecule has 23 heavy (non-hydrogen) atoms. The highest BCUT2D eigenvalue weighted by molar-refractivity contribution is 6.42. The molecule has 0 aliphatic rings. The molecule has 0 saturated carbocycles. The number of nitrogens with one attached hydrogen (secondary N) is 1. The summed E-state index contributed by atoms with van der Waals surface area (Å²) in [6.07, 6.45) is 2.96. The third-order valence-electron chi connectivity index (χ3n) is 3.07. The van der Waals surface area contributed by atoms with E-state index in [1.54, 1.807) is 44.7 Å². The normalized spacial score (nSPS) is 10.6. The Morgan fingerprint density at radius 1 is 1.00 bits per heavy atom. The number of halogens is 2. The molecular formula is C17H15Cl2NO3. The molecule has 0 aromatic heterocycles. The van der Waals surface area contributed by atoms with Gasteiger partial charge in [0.1, 0.15) is 0 Å². The topological polar surface area (TPSA) is 47.6 Å². The fraction of sp³-hybridized carbons (Fsp3) is 0.118. The standard InChI is InChI=1S/C17H15Cl2NO3/c1-22-16-6-4-12(10-17(16)23-2)20-8-7-15(21)11-3-5-13(18)14(19)9-11/h3-10,20H,1-2H3/b8-7-. The van der Waals surface area contributed by atoms with Gasteiger partial charge >= 0.3 is 0 Å². The molecule has 0 aliphatic carbocycles. The fourth-order valence-corrected chi connectivity index (χ4v) is 2.18. The van der Waals surface area contributed by atoms with Crippen LogP contribution in [-0.4, -0.2) is 20.0 Å². The average Bonchev–Trinajstić information content (AvgIpc) is 2.57. The van der Waals surface area contributed by atoms with Crippen LogP contribution >= 0.6 is 23.2 Å². The van der Waals surface area contributed by atoms with E-state index in [4.69, 9.17) is 32.7 Å². The molecular weight excluding hydrogens is 337 g/mol. The van der Waals surface area contributed by atoms with Crippen molar-refractivity contribution in [3.8, 4) is 11.5 Å². The van der Waals surface area contributed by atoms with Gasteiger partial charge in [-0.1, -0.05) is 23.2 Å². The number of hydrogen-bond acceptors (Lipinski definition) is 4. The van der Waals surface area contributed by atoms with E-state index in [2.05, 4.69) is 5.32 Å². The van der Waals surface area contributed by atoms with Crippen LogP contribution in [0.1, 0.15) is 10.4 Å². The van der Waals surface area contributed by atoms with E-state index >= 15 is 0 Å². The fourth-order valence-electron chi connectivity index (χ4n) is 1.89. The number of carbonyl (C=O) groups excluding carboxylic acids is 1. The maximum absolute atomic E-state index is 12.0. The summed E-state index contributed by atoms with van der Waals surface area (Å²) in [6, 6.07) is 10.1. The summed E-state index contributed by atoms with van der Waals surface area (Å²) in [6.45, 7) is 0. The predicted octanol–water partition coefficient (Wildman–Crippen LogP) is 4.82. The van der Waals surface area contributed by atoms with Crippen LogP contribution in [0.5, 0.6) is 11.5 Å². The molecule has 0 aliphatic heterocycles. The maximum atomic E-state index is 12.0. The smallest absolute Gasteiger partial charge is 0.187 e. The minimum Gasteiger partial charge on any atom is -0.493 e. The van der Waals surface area contributed by atoms with Crippen molar-refractivity contribution >= 4 is 34.7 Å². The second-order valence-electron chi connectivity index (χ2n) is 4.54. The highest BCUT2D eigenvalue weighted by Gasteiger charge is 2.06. The Kier molecular flexibility index (Phi) is 5.90. The first-order valence-electron chi connectivity index (χ1n) is 6.69. The van der Waals surface area contributed by atoms with Gasteiger partial charge in [0.2, 0.25) is 0 Å². The molecule has 6 heteroatoms. The van der Waals surface area contributed by atoms with Crippen molar-refractivity contribution in [1.29, 1.82) is 0 Å². The summed E-state index contributed by atoms with van der Waals surface area (Å²) in [4.78, 5) is 12.0. The lowest BCUT2D eigenvalue weighted by Gasteiger charge is -2.09. The number of anilines is 1. The van der Waals surface area contributed by atoms with E-state index in [1.165, 1.54) is 12.1 Å². The molecule has 0 radical (unpaired) electrons. The van der Waals surface area contributed by atoms with E-state index in [0.29, 0.717) is 27.1 Å². The lowest BCUT2D eigenvalue weighted by atomic mass is 10.1. The maximum Gasteiger partial charge on any atom is 0.187 e. The Balaban J connectivity index is 2.06. The molecule has 2 aromatic rings. The van der Waals surface area contributed by atoms with Gasteiger partial charge in [-0.3, -0.25) is 4.79 Å². The number of ether oxygens (including phenoxy) is 2. The van der Waals surface area contributed by atoms with Gasteiger partial charge < -0.3 is 14.8 Å². The molecule has 0 unspecified atom stereocenters. The molecule has 0 fully saturated rings. The third kappa shape index (κ3) is 4.41. The molecule has 4 nitrogen and oxygen atoms in total. The number of rotatable bonds is 6. The van der Waals surface area contributed by atoms with Gasteiger partial charge in [0.05, 0.1) is 24.3 Å². The quantitative estimate of drug-likeness (QED) is 0.598. The Labute approximate surface area is 144 Å². The molecule has 0 heterocycles. The summed E-state index contributed by atoms with van der Waals surface area (Å²) in [5.74, 6) is 1.05. The van der Waals surface area contributed by atoms with Crippen LogP contribution in [0.2, 0.25) is 10.0 Å². The summed E-state index contributed by atoms with van der Waals surface area (Å²) in [7, 11) is 3.13. The van der Waals surface area contributed by atoms with Crippen LogP contribution in [0.4, 0.5) is 5.69 Å². The van der Waals surface area contributed by atoms with E-state index in [0.717, 1.165) is 5.69 Å². The number of ketones is 1. The number of allylic oxidation sites excluding steroid dienone is 1. The minimum atomic E-state index is -0.184. The first kappa shape index (κ1) is 17.2. The number of carbonyl (C=O) groups is 1. The Morgan fingerprint density at radius 2 is 1.74 bits per heavy atom. The summed E-state index contributed by atoms with van der Waals surface area (Å²) < 4.78 is 10.4. The zero-order chi connectivity index (χ0) is 16.8. The van der Waals surface area contributed by atoms with Crippen molar-refractivity contribution in [2.24, 2.45) is 0 Å². The van der Waals surface area contributed by atoms with Crippen LogP contribution in [-0.2, 0) is 0 Å². The van der Waals surface area contributed by atoms with Crippen LogP contribution in [0.3, 0.4) is 0 Å². The molecule has 1 N–H and O–H groups in total. The van der Waals surface area contributed by atoms with Gasteiger partial charge in [-0.2, -0.15) is 0 Å². The van der Waals surface area contributed by atoms with Crippen molar-refractivity contribution in [2.45, 2.75) is 0 Å². The second-order valence-corrected chi connectivity index (χ2v) is 5.35. The van der Waals surface area contributed by atoms with Crippen LogP contribution < -0.4 is 14.8 Å². The van der Waals surface area contributed by atoms with Gasteiger partial charge in [-0.05, 0) is 30.3 Å². The molecule has 0 bridgehead atoms. The van der Waals surface area contributed by atoms with E-state index < -0.39 is 0 Å². The Bertz CT molecular complexity index is 745. The lowest BCUT2D eigenvalue weighted by molar-refractivity contribution is 0.104. The lowest BCUT2D eigenvalue weighted by Crippen LogP contribution is -1.97. The van der Waals surface area contributed by atoms with E-state index in [9.17, 15) is 4.79 Å². The molecule has 2 rings (SSSR count). The third-order valence-corrected chi connectivity index (χ3v) is 3.81. The largest absolute Gasteiger partial charge is 0.493 e. The van der Waals surface area contributed by atoms with Crippen molar-refractivity contribution < 1.29 is 14.3 Å². The highest BCUT2D eigenvalue weighted by Crippen LogP contribution is 2.29. The van der Waals surface area contributed by atoms with Crippen molar-refractivity contribution in [2.75, 3.05) is 19.5 Å². The van der Waals surface area contributed by atoms with Gasteiger partial charge in [-0.15, -0.1) is 0 Å². The van der Waals surface area contributed by atoms with Crippen molar-refractivity contribution in [3.05, 3.63) is 64.3 Å². The van der Waals surface area contributed by atoms with Gasteiger partial charge in [0.25, 0.3) is 0 Å². The highest BCUT2D eigenvalue weighted by atomic mass is 35.5. The molecule has 0 spiro atoms. The Hall–Kier alpha value is -2.17. The zero-order valence-corrected chi connectivity index (χ0v) is 14.1. The Morgan fingerprint density at radius 3 is 2.39 bits per heavy atom. The molecule has 120 valence electrons. The van der Waals surface area contributed by atoms with E-state index in [1.807, 2.05) is 6.07 Å². The zero-order valence-electron chi connectivity index (χ0n) is 12.6. The van der Waals surface area contributed by atoms with Gasteiger partial charge in [0.15, 0.2) is 17.3 Å². The average molecular weight is 352 g/mol. The van der Waals surface area contributed by atoms with Gasteiger partial charge in [-0.25, -0.2) is 0 Å². The monoisotopic (exact) mass is 351 g/mol. The SMILES string of the molecule is COc1ccc(N/C=C\C(=O)c2ccc(Cl)c(Cl)c2)cc1OC. The first-order chi connectivity index (χ1) is 11.0. The number of methoxy groups -OCH3 is 2. The number of hydrogen-bond donors (Lipinski definition) is 1. The molecule has 0 saturated heterocycles. The van der Waals surface area contributed by atoms with Crippen molar-refractivity contribution in [1.82, 2.24) is 0 Å².